The number of pyridine rings is 1. The summed E-state index contributed by atoms with van der Waals surface area (Å²) in [6, 6.07) is 3.24. The molecule has 14 heteroatoms. The summed E-state index contributed by atoms with van der Waals surface area (Å²) in [4.78, 5) is 18.2. The van der Waals surface area contributed by atoms with Crippen molar-refractivity contribution in [2.75, 3.05) is 22.5 Å². The van der Waals surface area contributed by atoms with E-state index in [0.717, 1.165) is 24.4 Å². The number of carbonyl (C=O) groups is 1. The van der Waals surface area contributed by atoms with Gasteiger partial charge in [0.25, 0.3) is 5.91 Å². The zero-order valence-corrected chi connectivity index (χ0v) is 16.7. The first-order valence-corrected chi connectivity index (χ1v) is 10.5. The number of aromatic amines is 1. The molecule has 0 atom stereocenters. The summed E-state index contributed by atoms with van der Waals surface area (Å²) in [5.41, 5.74) is -3.24. The van der Waals surface area contributed by atoms with Gasteiger partial charge in [0.1, 0.15) is 22.7 Å². The van der Waals surface area contributed by atoms with Gasteiger partial charge in [-0.25, -0.2) is 22.2 Å². The molecule has 3 N–H and O–H groups in total. The van der Waals surface area contributed by atoms with Crippen molar-refractivity contribution in [3.63, 3.8) is 0 Å². The number of H-pyrrole nitrogens is 1. The number of hydrogen-bond donors (Lipinski definition) is 3. The fourth-order valence-corrected chi connectivity index (χ4v) is 3.82. The van der Waals surface area contributed by atoms with E-state index in [0.29, 0.717) is 6.07 Å². The van der Waals surface area contributed by atoms with Crippen LogP contribution in [0, 0.1) is 11.6 Å². The number of hydrogen-bond acceptors (Lipinski definition) is 4. The number of carbonyl (C=O) groups excluding carboxylic acids is 1. The third-order valence-electron chi connectivity index (χ3n) is 4.16. The molecule has 1 amide bonds. The van der Waals surface area contributed by atoms with Gasteiger partial charge in [-0.2, -0.15) is 13.2 Å². The number of nitrogens with zero attached hydrogens (tertiary/aromatic N) is 1. The van der Waals surface area contributed by atoms with E-state index in [-0.39, 0.29) is 23.1 Å². The molecule has 32 heavy (non-hydrogen) atoms. The number of nitrogens with one attached hydrogen (secondary N) is 3. The molecule has 7 nitrogen and oxygen atoms in total. The van der Waals surface area contributed by atoms with Crippen molar-refractivity contribution in [2.45, 2.75) is 12.6 Å². The minimum absolute atomic E-state index is 0.0227. The van der Waals surface area contributed by atoms with Crippen LogP contribution in [0.25, 0.3) is 11.0 Å². The van der Waals surface area contributed by atoms with Crippen molar-refractivity contribution >= 4 is 38.3 Å². The second-order valence-electron chi connectivity index (χ2n) is 6.54. The van der Waals surface area contributed by atoms with E-state index in [1.807, 2.05) is 4.72 Å². The first-order chi connectivity index (χ1) is 14.9. The standard InChI is InChI=1S/C18H14F6N4O3S/c19-4-1-5-32(30,31)28-12-3-2-11(20)14(15(12)21)17(29)26-10-6-9-7-13(18(22,23)24)27-16(9)25-8-10/h2-3,6-8,28H,1,4-5H2,(H,25,27)(H,26,29). The lowest BCUT2D eigenvalue weighted by Gasteiger charge is -2.12. The van der Waals surface area contributed by atoms with Gasteiger partial charge in [-0.05, 0) is 30.7 Å². The number of sulfonamides is 1. The Balaban J connectivity index is 1.87. The molecule has 0 radical (unpaired) electrons. The lowest BCUT2D eigenvalue weighted by atomic mass is 10.1. The second-order valence-corrected chi connectivity index (χ2v) is 8.39. The molecule has 0 fully saturated rings. The maximum absolute atomic E-state index is 14.7. The van der Waals surface area contributed by atoms with Gasteiger partial charge in [0.05, 0.1) is 30.0 Å². The molecule has 0 aliphatic carbocycles. The van der Waals surface area contributed by atoms with Crippen molar-refractivity contribution in [1.29, 1.82) is 0 Å². The van der Waals surface area contributed by atoms with Crippen LogP contribution >= 0.6 is 0 Å². The van der Waals surface area contributed by atoms with Gasteiger partial charge in [0.15, 0.2) is 5.82 Å². The Labute approximate surface area is 176 Å². The Morgan fingerprint density at radius 3 is 2.53 bits per heavy atom. The van der Waals surface area contributed by atoms with E-state index < -0.39 is 63.1 Å². The molecule has 0 spiro atoms. The molecule has 2 heterocycles. The normalized spacial score (nSPS) is 12.2. The highest BCUT2D eigenvalue weighted by Crippen LogP contribution is 2.31. The zero-order chi connectivity index (χ0) is 23.7. The first kappa shape index (κ1) is 23.4. The quantitative estimate of drug-likeness (QED) is 0.441. The van der Waals surface area contributed by atoms with Crippen molar-refractivity contribution in [1.82, 2.24) is 9.97 Å². The Kier molecular flexibility index (Phi) is 6.34. The van der Waals surface area contributed by atoms with E-state index in [2.05, 4.69) is 15.3 Å². The highest BCUT2D eigenvalue weighted by Gasteiger charge is 2.32. The van der Waals surface area contributed by atoms with Crippen LogP contribution in [0.1, 0.15) is 22.5 Å². The van der Waals surface area contributed by atoms with Gasteiger partial charge in [0, 0.05) is 5.39 Å². The fourth-order valence-electron chi connectivity index (χ4n) is 2.73. The third kappa shape index (κ3) is 5.12. The fraction of sp³-hybridized carbons (Fsp3) is 0.222. The number of alkyl halides is 4. The maximum atomic E-state index is 14.7. The van der Waals surface area contributed by atoms with Gasteiger partial charge in [-0.15, -0.1) is 0 Å². The van der Waals surface area contributed by atoms with Crippen molar-refractivity contribution in [2.24, 2.45) is 0 Å². The van der Waals surface area contributed by atoms with E-state index in [4.69, 9.17) is 0 Å². The van der Waals surface area contributed by atoms with Gasteiger partial charge in [-0.3, -0.25) is 13.9 Å². The van der Waals surface area contributed by atoms with Crippen molar-refractivity contribution in [3.05, 3.63) is 53.4 Å². The van der Waals surface area contributed by atoms with E-state index in [1.165, 1.54) is 0 Å². The second kappa shape index (κ2) is 8.68. The molecule has 3 aromatic rings. The summed E-state index contributed by atoms with van der Waals surface area (Å²) in [7, 11) is -4.16. The van der Waals surface area contributed by atoms with Gasteiger partial charge >= 0.3 is 6.18 Å². The first-order valence-electron chi connectivity index (χ1n) is 8.83. The van der Waals surface area contributed by atoms with Gasteiger partial charge in [0.2, 0.25) is 10.0 Å². The lowest BCUT2D eigenvalue weighted by Crippen LogP contribution is -2.21. The lowest BCUT2D eigenvalue weighted by molar-refractivity contribution is -0.140. The van der Waals surface area contributed by atoms with Crippen LogP contribution in [0.15, 0.2) is 30.5 Å². The zero-order valence-electron chi connectivity index (χ0n) is 15.9. The number of halogens is 6. The predicted molar refractivity (Wildman–Crippen MR) is 103 cm³/mol. The number of aromatic nitrogens is 2. The molecule has 0 saturated heterocycles. The van der Waals surface area contributed by atoms with Crippen molar-refractivity contribution < 1.29 is 39.6 Å². The number of rotatable bonds is 7. The molecule has 172 valence electrons. The SMILES string of the molecule is O=C(Nc1cnc2[nH]c(C(F)(F)F)cc2c1)c1c(F)ccc(NS(=O)(=O)CCCF)c1F. The van der Waals surface area contributed by atoms with Crippen molar-refractivity contribution in [3.8, 4) is 0 Å². The molecule has 0 unspecified atom stereocenters. The van der Waals surface area contributed by atoms with Gasteiger partial charge < -0.3 is 10.3 Å². The van der Waals surface area contributed by atoms with Crippen LogP contribution in [0.3, 0.4) is 0 Å². The largest absolute Gasteiger partial charge is 0.431 e. The van der Waals surface area contributed by atoms with E-state index >= 15 is 0 Å². The van der Waals surface area contributed by atoms with Gasteiger partial charge in [-0.1, -0.05) is 0 Å². The average Bonchev–Trinajstić information content (AvgIpc) is 3.13. The van der Waals surface area contributed by atoms with Crippen LogP contribution in [0.2, 0.25) is 0 Å². The van der Waals surface area contributed by atoms with E-state index in [9.17, 15) is 39.6 Å². The number of benzene rings is 1. The molecule has 3 rings (SSSR count). The average molecular weight is 480 g/mol. The van der Waals surface area contributed by atoms with Crippen LogP contribution in [0.4, 0.5) is 37.7 Å². The summed E-state index contributed by atoms with van der Waals surface area (Å²) >= 11 is 0. The van der Waals surface area contributed by atoms with Crippen LogP contribution in [-0.4, -0.2) is 36.7 Å². The molecule has 0 saturated carbocycles. The monoisotopic (exact) mass is 480 g/mol. The Morgan fingerprint density at radius 2 is 1.88 bits per heavy atom. The number of amides is 1. The highest BCUT2D eigenvalue weighted by molar-refractivity contribution is 7.92. The molecule has 0 aliphatic heterocycles. The third-order valence-corrected chi connectivity index (χ3v) is 5.52. The van der Waals surface area contributed by atoms with Crippen LogP contribution in [0.5, 0.6) is 0 Å². The molecule has 1 aromatic carbocycles. The Morgan fingerprint density at radius 1 is 1.16 bits per heavy atom. The van der Waals surface area contributed by atoms with E-state index in [1.54, 1.807) is 0 Å². The number of fused-ring (bicyclic) bond motifs is 1. The molecular formula is C18H14F6N4O3S. The Bertz CT molecular complexity index is 1270. The highest BCUT2D eigenvalue weighted by atomic mass is 32.2. The molecule has 2 aromatic heterocycles. The smallest absolute Gasteiger partial charge is 0.336 e. The summed E-state index contributed by atoms with van der Waals surface area (Å²) < 4.78 is 105. The van der Waals surface area contributed by atoms with Crippen LogP contribution < -0.4 is 10.0 Å². The maximum Gasteiger partial charge on any atom is 0.431 e. The molecule has 0 aliphatic rings. The summed E-state index contributed by atoms with van der Waals surface area (Å²) in [5.74, 6) is -4.84. The minimum atomic E-state index is -4.66. The topological polar surface area (TPSA) is 104 Å². The van der Waals surface area contributed by atoms with Crippen LogP contribution in [-0.2, 0) is 16.2 Å². The Hall–Kier alpha value is -3.29. The molecular weight excluding hydrogens is 466 g/mol. The summed E-state index contributed by atoms with van der Waals surface area (Å²) in [6.45, 7) is -0.926. The molecule has 0 bridgehead atoms. The summed E-state index contributed by atoms with van der Waals surface area (Å²) in [5, 5.41) is 2.08. The predicted octanol–water partition coefficient (Wildman–Crippen LogP) is 4.21. The minimum Gasteiger partial charge on any atom is -0.336 e. The number of anilines is 2. The summed E-state index contributed by atoms with van der Waals surface area (Å²) in [6.07, 6.45) is -4.04.